The topological polar surface area (TPSA) is 32.7 Å². The quantitative estimate of drug-likeness (QED) is 0.807. The van der Waals surface area contributed by atoms with Crippen molar-refractivity contribution in [1.29, 1.82) is 0 Å². The van der Waals surface area contributed by atoms with E-state index in [1.807, 2.05) is 19.1 Å². The molecule has 1 rings (SSSR count). The van der Waals surface area contributed by atoms with E-state index in [0.29, 0.717) is 0 Å². The molecule has 1 aromatic carbocycles. The van der Waals surface area contributed by atoms with Gasteiger partial charge in [0.15, 0.2) is 0 Å². The van der Waals surface area contributed by atoms with Crippen LogP contribution in [-0.2, 0) is 6.42 Å². The highest BCUT2D eigenvalue weighted by molar-refractivity contribution is 5.27. The van der Waals surface area contributed by atoms with Crippen molar-refractivity contribution in [1.82, 2.24) is 4.90 Å². The second-order valence-corrected chi connectivity index (χ2v) is 4.91. The van der Waals surface area contributed by atoms with Crippen LogP contribution in [0.25, 0.3) is 0 Å². The third kappa shape index (κ3) is 4.67. The summed E-state index contributed by atoms with van der Waals surface area (Å²) >= 11 is 0. The molecule has 0 radical (unpaired) electrons. The fourth-order valence-corrected chi connectivity index (χ4v) is 1.90. The first-order valence-corrected chi connectivity index (χ1v) is 6.56. The lowest BCUT2D eigenvalue weighted by Gasteiger charge is -2.26. The molecule has 0 aliphatic rings. The fraction of sp³-hybridized carbons (Fsp3) is 0.600. The van der Waals surface area contributed by atoms with Crippen LogP contribution in [0.4, 0.5) is 0 Å². The maximum absolute atomic E-state index is 9.51. The molecule has 0 heterocycles. The van der Waals surface area contributed by atoms with E-state index in [1.165, 1.54) is 5.56 Å². The van der Waals surface area contributed by atoms with Gasteiger partial charge in [-0.3, -0.25) is 0 Å². The molecule has 18 heavy (non-hydrogen) atoms. The number of ether oxygens (including phenoxy) is 1. The minimum Gasteiger partial charge on any atom is -0.497 e. The van der Waals surface area contributed by atoms with Gasteiger partial charge in [-0.2, -0.15) is 0 Å². The molecule has 0 fully saturated rings. The van der Waals surface area contributed by atoms with Gasteiger partial charge in [0, 0.05) is 6.04 Å². The maximum atomic E-state index is 9.51. The summed E-state index contributed by atoms with van der Waals surface area (Å²) < 4.78 is 5.13. The number of rotatable bonds is 7. The second-order valence-electron chi connectivity index (χ2n) is 4.91. The van der Waals surface area contributed by atoms with Crippen molar-refractivity contribution in [3.63, 3.8) is 0 Å². The van der Waals surface area contributed by atoms with Gasteiger partial charge in [-0.15, -0.1) is 0 Å². The van der Waals surface area contributed by atoms with Crippen molar-refractivity contribution in [3.8, 4) is 5.75 Å². The summed E-state index contributed by atoms with van der Waals surface area (Å²) in [6.07, 6.45) is 1.87. The van der Waals surface area contributed by atoms with Crippen LogP contribution in [0.5, 0.6) is 5.75 Å². The number of likely N-dealkylation sites (N-methyl/N-ethyl adjacent to an activating group) is 1. The van der Waals surface area contributed by atoms with Gasteiger partial charge in [-0.1, -0.05) is 12.1 Å². The summed E-state index contributed by atoms with van der Waals surface area (Å²) in [5.74, 6) is 0.901. The molecule has 3 nitrogen and oxygen atoms in total. The zero-order valence-corrected chi connectivity index (χ0v) is 11.9. The van der Waals surface area contributed by atoms with Gasteiger partial charge in [0.1, 0.15) is 5.75 Å². The first-order chi connectivity index (χ1) is 8.54. The van der Waals surface area contributed by atoms with E-state index in [2.05, 4.69) is 31.0 Å². The number of nitrogens with zero attached hydrogens (tertiary/aromatic N) is 1. The van der Waals surface area contributed by atoms with Crippen molar-refractivity contribution in [2.24, 2.45) is 0 Å². The SMILES string of the molecule is COc1ccc(CCCN(C)[C@@H](C)[C@@H](C)O)cc1. The Morgan fingerprint density at radius 3 is 2.33 bits per heavy atom. The van der Waals surface area contributed by atoms with E-state index in [1.54, 1.807) is 7.11 Å². The molecule has 102 valence electrons. The average Bonchev–Trinajstić information content (AvgIpc) is 2.38. The molecule has 0 bridgehead atoms. The molecule has 0 spiro atoms. The highest BCUT2D eigenvalue weighted by Gasteiger charge is 2.13. The molecule has 0 aliphatic heterocycles. The first kappa shape index (κ1) is 15.0. The molecular weight excluding hydrogens is 226 g/mol. The zero-order valence-electron chi connectivity index (χ0n) is 11.9. The molecule has 0 aromatic heterocycles. The van der Waals surface area contributed by atoms with Crippen LogP contribution in [0.3, 0.4) is 0 Å². The Morgan fingerprint density at radius 1 is 1.22 bits per heavy atom. The van der Waals surface area contributed by atoms with Crippen LogP contribution in [0.1, 0.15) is 25.8 Å². The van der Waals surface area contributed by atoms with E-state index >= 15 is 0 Å². The predicted molar refractivity (Wildman–Crippen MR) is 75.1 cm³/mol. The Morgan fingerprint density at radius 2 is 1.83 bits per heavy atom. The number of hydrogen-bond donors (Lipinski definition) is 1. The van der Waals surface area contributed by atoms with Crippen molar-refractivity contribution < 1.29 is 9.84 Å². The minimum atomic E-state index is -0.281. The molecule has 1 aromatic rings. The summed E-state index contributed by atoms with van der Waals surface area (Å²) in [6, 6.07) is 8.42. The number of hydrogen-bond acceptors (Lipinski definition) is 3. The van der Waals surface area contributed by atoms with Crippen LogP contribution in [0.15, 0.2) is 24.3 Å². The van der Waals surface area contributed by atoms with Crippen molar-refractivity contribution in [2.45, 2.75) is 38.8 Å². The van der Waals surface area contributed by atoms with E-state index in [9.17, 15) is 5.11 Å². The number of aliphatic hydroxyl groups excluding tert-OH is 1. The Bertz CT molecular complexity index is 335. The van der Waals surface area contributed by atoms with E-state index in [0.717, 1.165) is 25.1 Å². The predicted octanol–water partition coefficient (Wildman–Crippen LogP) is 2.33. The lowest BCUT2D eigenvalue weighted by molar-refractivity contribution is 0.0861. The zero-order chi connectivity index (χ0) is 13.5. The number of methoxy groups -OCH3 is 1. The third-order valence-electron chi connectivity index (χ3n) is 3.53. The van der Waals surface area contributed by atoms with Crippen LogP contribution in [0.2, 0.25) is 0 Å². The molecule has 0 amide bonds. The standard InChI is InChI=1S/C15H25NO2/c1-12(13(2)17)16(3)11-5-6-14-7-9-15(18-4)10-8-14/h7-10,12-13,17H,5-6,11H2,1-4H3/t12-,13+/m0/s1. The molecular formula is C15H25NO2. The summed E-state index contributed by atoms with van der Waals surface area (Å²) in [5, 5.41) is 9.51. The summed E-state index contributed by atoms with van der Waals surface area (Å²) in [7, 11) is 3.74. The first-order valence-electron chi connectivity index (χ1n) is 6.56. The number of aryl methyl sites for hydroxylation is 1. The Kier molecular flexibility index (Phi) is 6.16. The van der Waals surface area contributed by atoms with Gasteiger partial charge >= 0.3 is 0 Å². The van der Waals surface area contributed by atoms with E-state index < -0.39 is 0 Å². The van der Waals surface area contributed by atoms with Crippen LogP contribution in [-0.4, -0.2) is 42.9 Å². The lowest BCUT2D eigenvalue weighted by atomic mass is 10.1. The third-order valence-corrected chi connectivity index (χ3v) is 3.53. The van der Waals surface area contributed by atoms with Crippen molar-refractivity contribution in [3.05, 3.63) is 29.8 Å². The minimum absolute atomic E-state index is 0.209. The average molecular weight is 251 g/mol. The lowest BCUT2D eigenvalue weighted by Crippen LogP contribution is -2.38. The van der Waals surface area contributed by atoms with E-state index in [-0.39, 0.29) is 12.1 Å². The molecule has 0 unspecified atom stereocenters. The molecule has 0 aliphatic carbocycles. The van der Waals surface area contributed by atoms with Gasteiger partial charge < -0.3 is 14.7 Å². The maximum Gasteiger partial charge on any atom is 0.118 e. The number of aliphatic hydroxyl groups is 1. The highest BCUT2D eigenvalue weighted by Crippen LogP contribution is 2.13. The summed E-state index contributed by atoms with van der Waals surface area (Å²) in [6.45, 7) is 4.89. The molecule has 0 saturated heterocycles. The Balaban J connectivity index is 2.32. The van der Waals surface area contributed by atoms with Gasteiger partial charge in [-0.05, 0) is 58.0 Å². The van der Waals surface area contributed by atoms with Gasteiger partial charge in [0.05, 0.1) is 13.2 Å². The summed E-state index contributed by atoms with van der Waals surface area (Å²) in [4.78, 5) is 2.20. The normalized spacial score (nSPS) is 14.6. The van der Waals surface area contributed by atoms with Crippen LogP contribution >= 0.6 is 0 Å². The Hall–Kier alpha value is -1.06. The van der Waals surface area contributed by atoms with Gasteiger partial charge in [0.2, 0.25) is 0 Å². The van der Waals surface area contributed by atoms with Gasteiger partial charge in [-0.25, -0.2) is 0 Å². The fourth-order valence-electron chi connectivity index (χ4n) is 1.90. The summed E-state index contributed by atoms with van der Waals surface area (Å²) in [5.41, 5.74) is 1.33. The smallest absolute Gasteiger partial charge is 0.118 e. The molecule has 3 heteroatoms. The largest absolute Gasteiger partial charge is 0.497 e. The second kappa shape index (κ2) is 7.39. The monoisotopic (exact) mass is 251 g/mol. The molecule has 0 saturated carbocycles. The van der Waals surface area contributed by atoms with Gasteiger partial charge in [0.25, 0.3) is 0 Å². The van der Waals surface area contributed by atoms with Crippen LogP contribution in [0, 0.1) is 0 Å². The highest BCUT2D eigenvalue weighted by atomic mass is 16.5. The molecule has 1 N–H and O–H groups in total. The van der Waals surface area contributed by atoms with E-state index in [4.69, 9.17) is 4.74 Å². The molecule has 2 atom stereocenters. The van der Waals surface area contributed by atoms with Crippen molar-refractivity contribution >= 4 is 0 Å². The van der Waals surface area contributed by atoms with Crippen molar-refractivity contribution in [2.75, 3.05) is 20.7 Å². The number of benzene rings is 1. The van der Waals surface area contributed by atoms with Crippen LogP contribution < -0.4 is 4.74 Å². The Labute approximate surface area is 110 Å².